The Balaban J connectivity index is 2.34. The van der Waals surface area contributed by atoms with E-state index in [9.17, 15) is 4.39 Å². The molecule has 1 aromatic heterocycles. The highest BCUT2D eigenvalue weighted by atomic mass is 19.1. The normalized spacial score (nSPS) is 21.0. The molecule has 2 rings (SSSR count). The van der Waals surface area contributed by atoms with Gasteiger partial charge >= 0.3 is 0 Å². The molecule has 0 radical (unpaired) electrons. The summed E-state index contributed by atoms with van der Waals surface area (Å²) in [5, 5.41) is 7.12. The monoisotopic (exact) mass is 142 g/mol. The summed E-state index contributed by atoms with van der Waals surface area (Å²) in [4.78, 5) is 0. The molecule has 1 saturated carbocycles. The van der Waals surface area contributed by atoms with Crippen LogP contribution in [0.2, 0.25) is 0 Å². The molecule has 0 bridgehead atoms. The van der Waals surface area contributed by atoms with Gasteiger partial charge in [-0.3, -0.25) is 0 Å². The van der Waals surface area contributed by atoms with Crippen LogP contribution in [0.3, 0.4) is 0 Å². The Labute approximate surface area is 57.3 Å². The van der Waals surface area contributed by atoms with E-state index in [4.69, 9.17) is 4.42 Å². The highest BCUT2D eigenvalue weighted by molar-refractivity contribution is 5.06. The number of hydrogen-bond acceptors (Lipinski definition) is 3. The predicted octanol–water partition coefficient (Wildman–Crippen LogP) is 1.34. The van der Waals surface area contributed by atoms with Gasteiger partial charge in [0.2, 0.25) is 5.89 Å². The molecule has 3 nitrogen and oxygen atoms in total. The van der Waals surface area contributed by atoms with Crippen molar-refractivity contribution in [1.82, 2.24) is 10.2 Å². The van der Waals surface area contributed by atoms with Crippen LogP contribution in [0.25, 0.3) is 0 Å². The van der Waals surface area contributed by atoms with Crippen molar-refractivity contribution in [3.63, 3.8) is 0 Å². The minimum Gasteiger partial charge on any atom is -0.422 e. The van der Waals surface area contributed by atoms with Gasteiger partial charge in [-0.1, -0.05) is 0 Å². The molecule has 1 aliphatic carbocycles. The van der Waals surface area contributed by atoms with Gasteiger partial charge in [0.1, 0.15) is 0 Å². The standard InChI is InChI=1S/C6H7FN2O/c1-4-8-9-5(10-4)6(7)2-3-6/h2-3H2,1H3. The summed E-state index contributed by atoms with van der Waals surface area (Å²) in [6, 6.07) is 0. The third kappa shape index (κ3) is 0.716. The Kier molecular flexibility index (Phi) is 0.910. The molecule has 0 amide bonds. The van der Waals surface area contributed by atoms with Crippen molar-refractivity contribution in [3.05, 3.63) is 11.8 Å². The minimum absolute atomic E-state index is 0.144. The first-order valence-electron chi connectivity index (χ1n) is 3.20. The van der Waals surface area contributed by atoms with Gasteiger partial charge in [0.25, 0.3) is 5.89 Å². The van der Waals surface area contributed by atoms with Crippen LogP contribution >= 0.6 is 0 Å². The molecule has 0 aliphatic heterocycles. The van der Waals surface area contributed by atoms with Gasteiger partial charge in [0, 0.05) is 6.92 Å². The second-order valence-electron chi connectivity index (χ2n) is 2.59. The topological polar surface area (TPSA) is 38.9 Å². The lowest BCUT2D eigenvalue weighted by Gasteiger charge is -1.92. The average molecular weight is 142 g/mol. The fraction of sp³-hybridized carbons (Fsp3) is 0.667. The highest BCUT2D eigenvalue weighted by Crippen LogP contribution is 2.48. The molecule has 1 aliphatic rings. The zero-order valence-electron chi connectivity index (χ0n) is 5.59. The summed E-state index contributed by atoms with van der Waals surface area (Å²) >= 11 is 0. The van der Waals surface area contributed by atoms with E-state index in [-0.39, 0.29) is 5.89 Å². The maximum atomic E-state index is 13.0. The van der Waals surface area contributed by atoms with E-state index >= 15 is 0 Å². The van der Waals surface area contributed by atoms with Crippen molar-refractivity contribution < 1.29 is 8.81 Å². The molecule has 0 spiro atoms. The Morgan fingerprint density at radius 3 is 2.60 bits per heavy atom. The van der Waals surface area contributed by atoms with Crippen LogP contribution < -0.4 is 0 Å². The maximum absolute atomic E-state index is 13.0. The van der Waals surface area contributed by atoms with Crippen LogP contribution in [0, 0.1) is 6.92 Å². The zero-order valence-corrected chi connectivity index (χ0v) is 5.59. The first-order valence-corrected chi connectivity index (χ1v) is 3.20. The minimum atomic E-state index is -1.28. The quantitative estimate of drug-likeness (QED) is 0.593. The molecular formula is C6H7FN2O. The van der Waals surface area contributed by atoms with Crippen molar-refractivity contribution >= 4 is 0 Å². The molecule has 1 heterocycles. The van der Waals surface area contributed by atoms with E-state index < -0.39 is 5.67 Å². The first-order chi connectivity index (χ1) is 4.71. The number of hydrogen-bond donors (Lipinski definition) is 0. The summed E-state index contributed by atoms with van der Waals surface area (Å²) in [7, 11) is 0. The number of alkyl halides is 1. The fourth-order valence-electron chi connectivity index (χ4n) is 0.801. The van der Waals surface area contributed by atoms with Crippen LogP contribution in [0.15, 0.2) is 4.42 Å². The summed E-state index contributed by atoms with van der Waals surface area (Å²) in [6.07, 6.45) is 1.04. The Morgan fingerprint density at radius 2 is 2.20 bits per heavy atom. The zero-order chi connectivity index (χ0) is 7.19. The molecule has 54 valence electrons. The lowest BCUT2D eigenvalue weighted by atomic mass is 10.4. The Hall–Kier alpha value is -0.930. The van der Waals surface area contributed by atoms with Crippen LogP contribution in [-0.4, -0.2) is 10.2 Å². The molecule has 1 aromatic rings. The number of halogens is 1. The summed E-state index contributed by atoms with van der Waals surface area (Å²) in [6.45, 7) is 1.66. The van der Waals surface area contributed by atoms with Gasteiger partial charge in [0.05, 0.1) is 0 Å². The molecule has 0 aromatic carbocycles. The predicted molar refractivity (Wildman–Crippen MR) is 31.1 cm³/mol. The second kappa shape index (κ2) is 1.56. The molecule has 0 unspecified atom stereocenters. The molecular weight excluding hydrogens is 135 g/mol. The molecule has 4 heteroatoms. The van der Waals surface area contributed by atoms with Crippen LogP contribution in [0.1, 0.15) is 24.6 Å². The van der Waals surface area contributed by atoms with Gasteiger partial charge in [-0.25, -0.2) is 4.39 Å². The summed E-state index contributed by atoms with van der Waals surface area (Å²) in [5.74, 6) is 0.573. The third-order valence-corrected chi connectivity index (χ3v) is 1.60. The fourth-order valence-corrected chi connectivity index (χ4v) is 0.801. The van der Waals surface area contributed by atoms with Crippen LogP contribution in [-0.2, 0) is 5.67 Å². The highest BCUT2D eigenvalue weighted by Gasteiger charge is 2.50. The smallest absolute Gasteiger partial charge is 0.253 e. The van der Waals surface area contributed by atoms with Gasteiger partial charge in [-0.15, -0.1) is 10.2 Å². The van der Waals surface area contributed by atoms with Gasteiger partial charge < -0.3 is 4.42 Å². The molecule has 1 fully saturated rings. The van der Waals surface area contributed by atoms with E-state index in [2.05, 4.69) is 10.2 Å². The Morgan fingerprint density at radius 1 is 1.50 bits per heavy atom. The van der Waals surface area contributed by atoms with Crippen molar-refractivity contribution in [1.29, 1.82) is 0 Å². The van der Waals surface area contributed by atoms with E-state index in [1.807, 2.05) is 0 Å². The molecule has 0 N–H and O–H groups in total. The molecule has 0 saturated heterocycles. The van der Waals surface area contributed by atoms with E-state index in [0.717, 1.165) is 0 Å². The number of aromatic nitrogens is 2. The number of aryl methyl sites for hydroxylation is 1. The third-order valence-electron chi connectivity index (χ3n) is 1.60. The lowest BCUT2D eigenvalue weighted by Crippen LogP contribution is -1.96. The van der Waals surface area contributed by atoms with E-state index in [0.29, 0.717) is 18.7 Å². The summed E-state index contributed by atoms with van der Waals surface area (Å²) < 4.78 is 18.0. The first kappa shape index (κ1) is 5.82. The molecule has 10 heavy (non-hydrogen) atoms. The van der Waals surface area contributed by atoms with Crippen LogP contribution in [0.5, 0.6) is 0 Å². The number of rotatable bonds is 1. The Bertz CT molecular complexity index is 254. The van der Waals surface area contributed by atoms with Gasteiger partial charge in [-0.05, 0) is 12.8 Å². The van der Waals surface area contributed by atoms with E-state index in [1.165, 1.54) is 0 Å². The van der Waals surface area contributed by atoms with E-state index in [1.54, 1.807) is 6.92 Å². The largest absolute Gasteiger partial charge is 0.422 e. The van der Waals surface area contributed by atoms with Gasteiger partial charge in [-0.2, -0.15) is 0 Å². The number of nitrogens with zero attached hydrogens (tertiary/aromatic N) is 2. The van der Waals surface area contributed by atoms with Crippen molar-refractivity contribution in [2.45, 2.75) is 25.4 Å². The molecule has 0 atom stereocenters. The maximum Gasteiger partial charge on any atom is 0.253 e. The average Bonchev–Trinajstić information content (AvgIpc) is 2.45. The van der Waals surface area contributed by atoms with Crippen LogP contribution in [0.4, 0.5) is 4.39 Å². The van der Waals surface area contributed by atoms with Gasteiger partial charge in [0.15, 0.2) is 5.67 Å². The van der Waals surface area contributed by atoms with Crippen molar-refractivity contribution in [2.75, 3.05) is 0 Å². The van der Waals surface area contributed by atoms with Crippen molar-refractivity contribution in [2.24, 2.45) is 0 Å². The second-order valence-corrected chi connectivity index (χ2v) is 2.59. The van der Waals surface area contributed by atoms with Crippen molar-refractivity contribution in [3.8, 4) is 0 Å². The summed E-state index contributed by atoms with van der Waals surface area (Å²) in [5.41, 5.74) is -1.28. The SMILES string of the molecule is Cc1nnc(C2(F)CC2)o1. The lowest BCUT2D eigenvalue weighted by molar-refractivity contribution is 0.247.